The molecule has 0 radical (unpaired) electrons. The van der Waals surface area contributed by atoms with Crippen molar-refractivity contribution < 1.29 is 4.79 Å². The van der Waals surface area contributed by atoms with Crippen LogP contribution in [0.15, 0.2) is 30.5 Å². The lowest BCUT2D eigenvalue weighted by Crippen LogP contribution is -2.30. The molecular weight excluding hydrogens is 274 g/mol. The summed E-state index contributed by atoms with van der Waals surface area (Å²) in [7, 11) is 0. The Balaban J connectivity index is 1.90. The van der Waals surface area contributed by atoms with Crippen LogP contribution in [0, 0.1) is 0 Å². The summed E-state index contributed by atoms with van der Waals surface area (Å²) in [5, 5.41) is 7.88. The Labute approximate surface area is 122 Å². The van der Waals surface area contributed by atoms with Crippen LogP contribution in [-0.2, 0) is 6.42 Å². The van der Waals surface area contributed by atoms with E-state index in [2.05, 4.69) is 10.4 Å². The number of rotatable bonds is 3. The molecule has 5 heteroatoms. The second-order valence-electron chi connectivity index (χ2n) is 5.30. The number of aromatic nitrogens is 2. The van der Waals surface area contributed by atoms with Gasteiger partial charge in [0.1, 0.15) is 5.69 Å². The van der Waals surface area contributed by atoms with Gasteiger partial charge in [-0.3, -0.25) is 9.48 Å². The number of Topliss-reactive ketones (excluding diaryl/α,β-unsaturated/α-hetero) is 1. The van der Waals surface area contributed by atoms with Crippen molar-refractivity contribution in [2.24, 2.45) is 0 Å². The summed E-state index contributed by atoms with van der Waals surface area (Å²) in [5.41, 5.74) is 2.68. The van der Waals surface area contributed by atoms with E-state index in [0.29, 0.717) is 17.1 Å². The Morgan fingerprint density at radius 2 is 2.20 bits per heavy atom. The highest BCUT2D eigenvalue weighted by Crippen LogP contribution is 2.29. The molecule has 0 bridgehead atoms. The summed E-state index contributed by atoms with van der Waals surface area (Å²) in [4.78, 5) is 12.7. The van der Waals surface area contributed by atoms with E-state index in [1.165, 1.54) is 6.20 Å². The molecule has 0 amide bonds. The van der Waals surface area contributed by atoms with E-state index in [1.807, 2.05) is 38.1 Å². The number of nitrogens with one attached hydrogen (secondary N) is 1. The smallest absolute Gasteiger partial charge is 0.204 e. The van der Waals surface area contributed by atoms with Crippen molar-refractivity contribution in [2.45, 2.75) is 32.4 Å². The molecule has 104 valence electrons. The van der Waals surface area contributed by atoms with Crippen LogP contribution in [0.3, 0.4) is 0 Å². The third kappa shape index (κ3) is 2.10. The highest BCUT2D eigenvalue weighted by Gasteiger charge is 2.31. The summed E-state index contributed by atoms with van der Waals surface area (Å²) in [6.45, 7) is 3.97. The molecule has 1 aliphatic rings. The molecule has 3 rings (SSSR count). The molecular formula is C15H16ClN3O. The van der Waals surface area contributed by atoms with Crippen LogP contribution in [0.5, 0.6) is 0 Å². The van der Waals surface area contributed by atoms with E-state index in [0.717, 1.165) is 11.3 Å². The van der Waals surface area contributed by atoms with Gasteiger partial charge in [-0.25, -0.2) is 0 Å². The number of halogens is 1. The molecule has 2 aromatic rings. The number of nitrogens with zero attached hydrogens (tertiary/aromatic N) is 2. The monoisotopic (exact) mass is 289 g/mol. The summed E-state index contributed by atoms with van der Waals surface area (Å²) < 4.78 is 1.69. The van der Waals surface area contributed by atoms with E-state index in [-0.39, 0.29) is 17.9 Å². The SMILES string of the molecule is CC(C)n1ncc(Cl)c1C(=O)C1Cc2ccccc2N1. The summed E-state index contributed by atoms with van der Waals surface area (Å²) >= 11 is 6.14. The Morgan fingerprint density at radius 3 is 2.90 bits per heavy atom. The maximum absolute atomic E-state index is 12.7. The quantitative estimate of drug-likeness (QED) is 0.882. The van der Waals surface area contributed by atoms with Crippen molar-refractivity contribution in [3.8, 4) is 0 Å². The molecule has 0 spiro atoms. The largest absolute Gasteiger partial charge is 0.374 e. The zero-order chi connectivity index (χ0) is 14.3. The zero-order valence-electron chi connectivity index (χ0n) is 11.4. The normalized spacial score (nSPS) is 17.1. The molecule has 20 heavy (non-hydrogen) atoms. The third-order valence-electron chi connectivity index (χ3n) is 3.56. The fraction of sp³-hybridized carbons (Fsp3) is 0.333. The number of carbonyl (C=O) groups is 1. The number of fused-ring (bicyclic) bond motifs is 1. The van der Waals surface area contributed by atoms with Gasteiger partial charge in [0.05, 0.1) is 17.3 Å². The predicted octanol–water partition coefficient (Wildman–Crippen LogP) is 3.34. The highest BCUT2D eigenvalue weighted by atomic mass is 35.5. The fourth-order valence-corrected chi connectivity index (χ4v) is 2.81. The van der Waals surface area contributed by atoms with Crippen LogP contribution in [0.25, 0.3) is 0 Å². The molecule has 4 nitrogen and oxygen atoms in total. The molecule has 1 aliphatic heterocycles. The Hall–Kier alpha value is -1.81. The van der Waals surface area contributed by atoms with Crippen molar-refractivity contribution in [3.63, 3.8) is 0 Å². The van der Waals surface area contributed by atoms with Gasteiger partial charge in [0, 0.05) is 18.2 Å². The molecule has 1 unspecified atom stereocenters. The number of hydrogen-bond donors (Lipinski definition) is 1. The first-order valence-electron chi connectivity index (χ1n) is 6.69. The Morgan fingerprint density at radius 1 is 1.45 bits per heavy atom. The molecule has 0 saturated heterocycles. The molecule has 1 aromatic carbocycles. The maximum atomic E-state index is 12.7. The fourth-order valence-electron chi connectivity index (χ4n) is 2.58. The second kappa shape index (κ2) is 4.94. The summed E-state index contributed by atoms with van der Waals surface area (Å²) in [5.74, 6) is -0.00241. The Bertz CT molecular complexity index is 638. The number of ketones is 1. The summed E-state index contributed by atoms with van der Waals surface area (Å²) in [6.07, 6.45) is 2.23. The molecule has 0 fully saturated rings. The molecule has 2 heterocycles. The lowest BCUT2D eigenvalue weighted by molar-refractivity contribution is 0.0959. The van der Waals surface area contributed by atoms with Crippen molar-refractivity contribution >= 4 is 23.1 Å². The van der Waals surface area contributed by atoms with Gasteiger partial charge in [-0.2, -0.15) is 5.10 Å². The van der Waals surface area contributed by atoms with E-state index in [1.54, 1.807) is 4.68 Å². The number of hydrogen-bond acceptors (Lipinski definition) is 3. The van der Waals surface area contributed by atoms with E-state index >= 15 is 0 Å². The molecule has 0 saturated carbocycles. The van der Waals surface area contributed by atoms with Gasteiger partial charge in [-0.15, -0.1) is 0 Å². The Kier molecular flexibility index (Phi) is 3.26. The number of carbonyl (C=O) groups excluding carboxylic acids is 1. The first-order chi connectivity index (χ1) is 9.58. The highest BCUT2D eigenvalue weighted by molar-refractivity contribution is 6.34. The van der Waals surface area contributed by atoms with Gasteiger partial charge in [-0.1, -0.05) is 29.8 Å². The van der Waals surface area contributed by atoms with Crippen LogP contribution in [0.1, 0.15) is 35.9 Å². The topological polar surface area (TPSA) is 46.9 Å². The molecule has 0 aliphatic carbocycles. The van der Waals surface area contributed by atoms with Gasteiger partial charge in [0.15, 0.2) is 0 Å². The van der Waals surface area contributed by atoms with E-state index in [9.17, 15) is 4.79 Å². The number of benzene rings is 1. The van der Waals surface area contributed by atoms with Gasteiger partial charge in [-0.05, 0) is 25.5 Å². The van der Waals surface area contributed by atoms with Crippen LogP contribution in [-0.4, -0.2) is 21.6 Å². The van der Waals surface area contributed by atoms with Gasteiger partial charge in [0.25, 0.3) is 0 Å². The minimum absolute atomic E-state index is 0.00241. The van der Waals surface area contributed by atoms with Crippen LogP contribution >= 0.6 is 11.6 Å². The number of para-hydroxylation sites is 1. The second-order valence-corrected chi connectivity index (χ2v) is 5.71. The first-order valence-corrected chi connectivity index (χ1v) is 7.07. The summed E-state index contributed by atoms with van der Waals surface area (Å²) in [6, 6.07) is 7.81. The number of anilines is 1. The van der Waals surface area contributed by atoms with Crippen LogP contribution in [0.4, 0.5) is 5.69 Å². The van der Waals surface area contributed by atoms with E-state index < -0.39 is 0 Å². The lowest BCUT2D eigenvalue weighted by Gasteiger charge is -2.14. The molecule has 1 atom stereocenters. The van der Waals surface area contributed by atoms with Gasteiger partial charge >= 0.3 is 0 Å². The third-order valence-corrected chi connectivity index (χ3v) is 3.84. The van der Waals surface area contributed by atoms with Crippen LogP contribution in [0.2, 0.25) is 5.02 Å². The first kappa shape index (κ1) is 13.2. The minimum Gasteiger partial charge on any atom is -0.374 e. The van der Waals surface area contributed by atoms with Crippen LogP contribution < -0.4 is 5.32 Å². The predicted molar refractivity (Wildman–Crippen MR) is 79.5 cm³/mol. The maximum Gasteiger partial charge on any atom is 0.204 e. The van der Waals surface area contributed by atoms with Crippen molar-refractivity contribution in [1.82, 2.24) is 9.78 Å². The van der Waals surface area contributed by atoms with Gasteiger partial charge < -0.3 is 5.32 Å². The minimum atomic E-state index is -0.265. The average molecular weight is 290 g/mol. The van der Waals surface area contributed by atoms with Crippen molar-refractivity contribution in [2.75, 3.05) is 5.32 Å². The zero-order valence-corrected chi connectivity index (χ0v) is 12.2. The standard InChI is InChI=1S/C15H16ClN3O/c1-9(2)19-14(11(16)8-17-19)15(20)13-7-10-5-3-4-6-12(10)18-13/h3-6,8-9,13,18H,7H2,1-2H3. The molecule has 1 N–H and O–H groups in total. The van der Waals surface area contributed by atoms with E-state index in [4.69, 9.17) is 11.6 Å². The average Bonchev–Trinajstić information content (AvgIpc) is 3.01. The van der Waals surface area contributed by atoms with Gasteiger partial charge in [0.2, 0.25) is 5.78 Å². The van der Waals surface area contributed by atoms with Crippen molar-refractivity contribution in [1.29, 1.82) is 0 Å². The molecule has 1 aromatic heterocycles. The van der Waals surface area contributed by atoms with Crippen molar-refractivity contribution in [3.05, 3.63) is 46.7 Å². The lowest BCUT2D eigenvalue weighted by atomic mass is 10.0.